The van der Waals surface area contributed by atoms with Crippen molar-refractivity contribution < 1.29 is 4.39 Å². The Hall–Kier alpha value is -0.410. The highest BCUT2D eigenvalue weighted by molar-refractivity contribution is 9.10. The lowest BCUT2D eigenvalue weighted by Crippen LogP contribution is -2.26. The molecular weight excluding hydrogens is 305 g/mol. The molecule has 0 aliphatic heterocycles. The van der Waals surface area contributed by atoms with Gasteiger partial charge in [0.1, 0.15) is 5.82 Å². The van der Waals surface area contributed by atoms with Crippen LogP contribution >= 0.6 is 15.9 Å². The predicted octanol–water partition coefficient (Wildman–Crippen LogP) is 4.55. The Morgan fingerprint density at radius 2 is 2.11 bits per heavy atom. The summed E-state index contributed by atoms with van der Waals surface area (Å²) in [6.45, 7) is 4.45. The van der Waals surface area contributed by atoms with Gasteiger partial charge >= 0.3 is 0 Å². The zero-order valence-electron chi connectivity index (χ0n) is 11.6. The lowest BCUT2D eigenvalue weighted by atomic mass is 9.89. The second kappa shape index (κ2) is 7.39. The van der Waals surface area contributed by atoms with Gasteiger partial charge in [-0.2, -0.15) is 0 Å². The Kier molecular flexibility index (Phi) is 5.83. The average Bonchev–Trinajstić information content (AvgIpc) is 2.81. The van der Waals surface area contributed by atoms with Gasteiger partial charge < -0.3 is 5.32 Å². The van der Waals surface area contributed by atoms with Crippen LogP contribution in [0.25, 0.3) is 0 Å². The molecule has 0 aromatic heterocycles. The van der Waals surface area contributed by atoms with Crippen molar-refractivity contribution in [2.24, 2.45) is 11.8 Å². The van der Waals surface area contributed by atoms with Crippen molar-refractivity contribution in [2.75, 3.05) is 13.1 Å². The van der Waals surface area contributed by atoms with Crippen LogP contribution < -0.4 is 5.32 Å². The van der Waals surface area contributed by atoms with Crippen LogP contribution in [0.4, 0.5) is 4.39 Å². The van der Waals surface area contributed by atoms with E-state index in [1.54, 1.807) is 12.1 Å². The number of hydrogen-bond acceptors (Lipinski definition) is 1. The lowest BCUT2D eigenvalue weighted by Gasteiger charge is -2.20. The lowest BCUT2D eigenvalue weighted by molar-refractivity contribution is 0.365. The van der Waals surface area contributed by atoms with Crippen molar-refractivity contribution in [3.8, 4) is 0 Å². The van der Waals surface area contributed by atoms with Gasteiger partial charge in [0.25, 0.3) is 0 Å². The largest absolute Gasteiger partial charge is 0.316 e. The minimum atomic E-state index is -0.164. The molecule has 3 heteroatoms. The minimum absolute atomic E-state index is 0.164. The third-order valence-corrected chi connectivity index (χ3v) is 4.89. The fraction of sp³-hybridized carbons (Fsp3) is 0.625. The van der Waals surface area contributed by atoms with Crippen LogP contribution in [0.1, 0.15) is 38.2 Å². The molecule has 0 saturated heterocycles. The van der Waals surface area contributed by atoms with Crippen LogP contribution in [0.3, 0.4) is 0 Å². The molecule has 1 aliphatic carbocycles. The van der Waals surface area contributed by atoms with E-state index in [2.05, 4.69) is 28.2 Å². The Balaban J connectivity index is 1.93. The maximum absolute atomic E-state index is 13.1. The van der Waals surface area contributed by atoms with Gasteiger partial charge in [-0.25, -0.2) is 4.39 Å². The van der Waals surface area contributed by atoms with E-state index in [-0.39, 0.29) is 5.82 Å². The van der Waals surface area contributed by atoms with E-state index in [9.17, 15) is 4.39 Å². The van der Waals surface area contributed by atoms with Gasteiger partial charge in [0.15, 0.2) is 0 Å². The number of benzene rings is 1. The van der Waals surface area contributed by atoms with Crippen molar-refractivity contribution in [1.82, 2.24) is 5.32 Å². The van der Waals surface area contributed by atoms with Gasteiger partial charge in [0, 0.05) is 4.47 Å². The van der Waals surface area contributed by atoms with Crippen molar-refractivity contribution in [3.63, 3.8) is 0 Å². The topological polar surface area (TPSA) is 12.0 Å². The van der Waals surface area contributed by atoms with Crippen molar-refractivity contribution >= 4 is 15.9 Å². The van der Waals surface area contributed by atoms with E-state index in [0.717, 1.165) is 35.8 Å². The van der Waals surface area contributed by atoms with Crippen LogP contribution in [0.5, 0.6) is 0 Å². The van der Waals surface area contributed by atoms with E-state index >= 15 is 0 Å². The minimum Gasteiger partial charge on any atom is -0.316 e. The Labute approximate surface area is 124 Å². The van der Waals surface area contributed by atoms with E-state index in [1.165, 1.54) is 31.2 Å². The molecule has 1 aliphatic rings. The van der Waals surface area contributed by atoms with Crippen LogP contribution in [0.15, 0.2) is 22.7 Å². The van der Waals surface area contributed by atoms with Crippen molar-refractivity contribution in [3.05, 3.63) is 34.1 Å². The zero-order chi connectivity index (χ0) is 13.7. The second-order valence-electron chi connectivity index (χ2n) is 5.60. The molecule has 1 N–H and O–H groups in total. The Bertz CT molecular complexity index is 408. The number of rotatable bonds is 6. The van der Waals surface area contributed by atoms with Crippen LogP contribution in [0.2, 0.25) is 0 Å². The van der Waals surface area contributed by atoms with Crippen molar-refractivity contribution in [1.29, 1.82) is 0 Å². The molecule has 0 heterocycles. The molecule has 0 amide bonds. The molecule has 0 radical (unpaired) electrons. The molecule has 1 aromatic carbocycles. The van der Waals surface area contributed by atoms with Gasteiger partial charge in [-0.1, -0.05) is 35.3 Å². The van der Waals surface area contributed by atoms with Gasteiger partial charge in [-0.05, 0) is 68.3 Å². The van der Waals surface area contributed by atoms with Crippen LogP contribution in [0, 0.1) is 17.7 Å². The summed E-state index contributed by atoms with van der Waals surface area (Å²) >= 11 is 3.48. The molecule has 2 unspecified atom stereocenters. The van der Waals surface area contributed by atoms with Crippen molar-refractivity contribution in [2.45, 2.75) is 39.0 Å². The molecule has 0 bridgehead atoms. The first-order valence-corrected chi connectivity index (χ1v) is 8.14. The highest BCUT2D eigenvalue weighted by Crippen LogP contribution is 2.35. The third kappa shape index (κ3) is 4.28. The fourth-order valence-corrected chi connectivity index (χ4v) is 3.60. The molecule has 1 saturated carbocycles. The number of halogens is 2. The van der Waals surface area contributed by atoms with Crippen LogP contribution in [-0.4, -0.2) is 13.1 Å². The fourth-order valence-electron chi connectivity index (χ4n) is 3.09. The monoisotopic (exact) mass is 327 g/mol. The molecule has 19 heavy (non-hydrogen) atoms. The number of nitrogens with one attached hydrogen (secondary N) is 1. The molecule has 106 valence electrons. The molecule has 2 atom stereocenters. The summed E-state index contributed by atoms with van der Waals surface area (Å²) in [4.78, 5) is 0. The highest BCUT2D eigenvalue weighted by atomic mass is 79.9. The molecule has 1 nitrogen and oxygen atoms in total. The maximum atomic E-state index is 13.1. The summed E-state index contributed by atoms with van der Waals surface area (Å²) in [5, 5.41) is 3.54. The van der Waals surface area contributed by atoms with E-state index in [1.807, 2.05) is 6.07 Å². The van der Waals surface area contributed by atoms with Gasteiger partial charge in [-0.15, -0.1) is 0 Å². The molecule has 2 rings (SSSR count). The first-order chi connectivity index (χ1) is 9.20. The van der Waals surface area contributed by atoms with Gasteiger partial charge in [0.2, 0.25) is 0 Å². The molecular formula is C16H23BrFN. The quantitative estimate of drug-likeness (QED) is 0.756. The Morgan fingerprint density at radius 3 is 2.84 bits per heavy atom. The highest BCUT2D eigenvalue weighted by Gasteiger charge is 2.27. The third-order valence-electron chi connectivity index (χ3n) is 4.15. The smallest absolute Gasteiger partial charge is 0.124 e. The predicted molar refractivity (Wildman–Crippen MR) is 81.8 cm³/mol. The second-order valence-corrected chi connectivity index (χ2v) is 6.45. The summed E-state index contributed by atoms with van der Waals surface area (Å²) < 4.78 is 14.0. The van der Waals surface area contributed by atoms with Crippen LogP contribution in [-0.2, 0) is 6.42 Å². The summed E-state index contributed by atoms with van der Waals surface area (Å²) in [5.41, 5.74) is 1.24. The number of hydrogen-bond donors (Lipinski definition) is 1. The SMILES string of the molecule is CCCNCC1CCCC1Cc1ccc(F)cc1Br. The maximum Gasteiger partial charge on any atom is 0.124 e. The van der Waals surface area contributed by atoms with E-state index < -0.39 is 0 Å². The molecule has 1 aromatic rings. The van der Waals surface area contributed by atoms with Gasteiger partial charge in [0.05, 0.1) is 0 Å². The first kappa shape index (κ1) is 15.0. The van der Waals surface area contributed by atoms with E-state index in [4.69, 9.17) is 0 Å². The standard InChI is InChI=1S/C16H23BrFN/c1-2-8-19-11-14-5-3-4-12(14)9-13-6-7-15(18)10-16(13)17/h6-7,10,12,14,19H,2-5,8-9,11H2,1H3. The normalized spacial score (nSPS) is 22.9. The zero-order valence-corrected chi connectivity index (χ0v) is 13.2. The molecule has 1 fully saturated rings. The summed E-state index contributed by atoms with van der Waals surface area (Å²) in [6, 6.07) is 5.07. The first-order valence-electron chi connectivity index (χ1n) is 7.35. The molecule has 0 spiro atoms. The average molecular weight is 328 g/mol. The van der Waals surface area contributed by atoms with E-state index in [0.29, 0.717) is 0 Å². The Morgan fingerprint density at radius 1 is 1.32 bits per heavy atom. The summed E-state index contributed by atoms with van der Waals surface area (Å²) in [7, 11) is 0. The summed E-state index contributed by atoms with van der Waals surface area (Å²) in [5.74, 6) is 1.36. The summed E-state index contributed by atoms with van der Waals surface area (Å²) in [6.07, 6.45) is 6.24. The van der Waals surface area contributed by atoms with Gasteiger partial charge in [-0.3, -0.25) is 0 Å².